The number of nitrogens with one attached hydrogen (secondary N) is 1. The number of likely N-dealkylation sites (tertiary alicyclic amines) is 1. The monoisotopic (exact) mass is 929 g/mol. The molecule has 378 valence electrons. The first kappa shape index (κ1) is 55.0. The average Bonchev–Trinajstić information content (AvgIpc) is 4.08. The highest BCUT2D eigenvalue weighted by Crippen LogP contribution is 2.73. The number of rotatable bonds is 23. The van der Waals surface area contributed by atoms with Gasteiger partial charge < -0.3 is 25.0 Å². The average molecular weight is 929 g/mol. The van der Waals surface area contributed by atoms with Crippen LogP contribution in [0, 0.1) is 34.5 Å². The molecule has 0 radical (unpaired) electrons. The number of nitrogens with zero attached hydrogens (tertiary/aromatic N) is 1. The Morgan fingerprint density at radius 3 is 1.91 bits per heavy atom. The van der Waals surface area contributed by atoms with E-state index >= 15 is 0 Å². The molecule has 2 aromatic carbocycles. The summed E-state index contributed by atoms with van der Waals surface area (Å²) in [5, 5.41) is 27.4. The van der Waals surface area contributed by atoms with Gasteiger partial charge in [-0.05, 0) is 111 Å². The zero-order chi connectivity index (χ0) is 49.0. The van der Waals surface area contributed by atoms with Crippen molar-refractivity contribution in [3.63, 3.8) is 0 Å². The summed E-state index contributed by atoms with van der Waals surface area (Å²) < 4.78 is 12.3. The molecule has 2 bridgehead atoms. The van der Waals surface area contributed by atoms with Crippen molar-refractivity contribution in [2.45, 2.75) is 234 Å². The molecule has 7 unspecified atom stereocenters. The van der Waals surface area contributed by atoms with Gasteiger partial charge in [-0.1, -0.05) is 158 Å². The molecule has 3 N–H and O–H groups in total. The lowest BCUT2D eigenvalue weighted by Crippen LogP contribution is -2.66. The highest BCUT2D eigenvalue weighted by atomic mass is 16.5. The molecule has 3 saturated carbocycles. The number of methoxy groups -OCH3 is 1. The van der Waals surface area contributed by atoms with Gasteiger partial charge in [-0.2, -0.15) is 0 Å². The third-order valence-electron chi connectivity index (χ3n) is 16.4. The van der Waals surface area contributed by atoms with Crippen LogP contribution >= 0.6 is 0 Å². The van der Waals surface area contributed by atoms with Crippen molar-refractivity contribution in [1.82, 2.24) is 4.90 Å². The predicted molar refractivity (Wildman–Crippen MR) is 277 cm³/mol. The van der Waals surface area contributed by atoms with Crippen LogP contribution in [-0.4, -0.2) is 64.9 Å². The van der Waals surface area contributed by atoms with Crippen LogP contribution in [-0.2, 0) is 21.4 Å². The second-order valence-electron chi connectivity index (χ2n) is 23.4. The van der Waals surface area contributed by atoms with Gasteiger partial charge in [0.05, 0.1) is 17.3 Å². The van der Waals surface area contributed by atoms with Crippen LogP contribution in [0.25, 0.3) is 0 Å². The lowest BCUT2D eigenvalue weighted by atomic mass is 9.53. The number of hydrogen-bond donors (Lipinski definition) is 3. The molecule has 1 heterocycles. The van der Waals surface area contributed by atoms with Crippen LogP contribution in [0.1, 0.15) is 226 Å². The zero-order valence-electron chi connectivity index (χ0n) is 44.4. The first-order chi connectivity index (χ1) is 32.0. The van der Waals surface area contributed by atoms with Gasteiger partial charge in [-0.15, -0.1) is 0 Å². The minimum absolute atomic E-state index is 0.00811. The van der Waals surface area contributed by atoms with E-state index in [2.05, 4.69) is 64.7 Å². The standard InChI is InChI=1S/C53H80N2O6.C4H10.C2H6/c1-7-8-9-10-11-12-13-14-15-16-17-18-19-20-21-22-45(56)54-40-28-25-38(26-29-40)49(58)61-43-30-27-39-32-52-35-53(46(39)47(43)57)33-44(60-6)41(51(5,59)50(2,3)4)31-42(53)48(52)55(36-52)34-37-23-24-37;1-4(2)3;1-2/h25-30,37,41-42,44,48,57,59H,7-24,31-36H2,1-6H3,(H,54,56);4H,1-3H3;1-2H3. The van der Waals surface area contributed by atoms with Crippen molar-refractivity contribution < 1.29 is 29.3 Å². The number of amides is 1. The Bertz CT molecular complexity index is 1840. The number of phenols is 1. The highest BCUT2D eigenvalue weighted by Gasteiger charge is 2.74. The minimum Gasteiger partial charge on any atom is -0.504 e. The normalized spacial score (nSPS) is 25.8. The highest BCUT2D eigenvalue weighted by molar-refractivity contribution is 5.94. The summed E-state index contributed by atoms with van der Waals surface area (Å²) in [6.45, 7) is 23.3. The molecule has 4 fully saturated rings. The van der Waals surface area contributed by atoms with Crippen molar-refractivity contribution >= 4 is 17.6 Å². The number of carbonyl (C=O) groups is 2. The summed E-state index contributed by atoms with van der Waals surface area (Å²) in [6.07, 6.45) is 25.8. The van der Waals surface area contributed by atoms with Crippen LogP contribution < -0.4 is 10.1 Å². The zero-order valence-corrected chi connectivity index (χ0v) is 44.4. The molecule has 1 amide bonds. The summed E-state index contributed by atoms with van der Waals surface area (Å²) in [5.74, 6) is 1.50. The number of aromatic hydroxyl groups is 1. The number of esters is 1. The molecule has 4 aliphatic carbocycles. The van der Waals surface area contributed by atoms with Crippen LogP contribution in [0.5, 0.6) is 11.5 Å². The number of aliphatic hydroxyl groups is 1. The maximum Gasteiger partial charge on any atom is 0.343 e. The number of carbonyl (C=O) groups excluding carboxylic acids is 2. The molecule has 0 aromatic heterocycles. The Labute approximate surface area is 408 Å². The van der Waals surface area contributed by atoms with E-state index in [1.807, 2.05) is 20.8 Å². The van der Waals surface area contributed by atoms with Gasteiger partial charge in [0.25, 0.3) is 0 Å². The summed E-state index contributed by atoms with van der Waals surface area (Å²) in [6, 6.07) is 11.1. The van der Waals surface area contributed by atoms with Crippen LogP contribution in [0.2, 0.25) is 0 Å². The molecule has 1 saturated heterocycles. The number of ether oxygens (including phenoxy) is 2. The van der Waals surface area contributed by atoms with E-state index in [0.717, 1.165) is 68.2 Å². The SMILES string of the molecule is CC.CC(C)C.CCCCCCCCCCCCCCCCCC(=O)Nc1ccc(C(=O)Oc2ccc3c(c2O)C24CC(OC)C(C(C)(O)C(C)(C)C)CC2C2N(CC5CC5)CC2(C3)C4)cc1. The Balaban J connectivity index is 0.00000133. The van der Waals surface area contributed by atoms with Gasteiger partial charge in [0.2, 0.25) is 5.91 Å². The van der Waals surface area contributed by atoms with Crippen LogP contribution in [0.15, 0.2) is 36.4 Å². The molecule has 2 aromatic rings. The second-order valence-corrected chi connectivity index (χ2v) is 23.4. The van der Waals surface area contributed by atoms with Crippen molar-refractivity contribution in [2.75, 3.05) is 25.5 Å². The largest absolute Gasteiger partial charge is 0.504 e. The summed E-state index contributed by atoms with van der Waals surface area (Å²) in [4.78, 5) is 29.1. The third kappa shape index (κ3) is 13.5. The van der Waals surface area contributed by atoms with E-state index in [-0.39, 0.29) is 51.6 Å². The Morgan fingerprint density at radius 1 is 0.836 bits per heavy atom. The van der Waals surface area contributed by atoms with E-state index in [1.165, 1.54) is 96.3 Å². The Kier molecular flexibility index (Phi) is 20.3. The lowest BCUT2D eigenvalue weighted by Gasteiger charge is -2.58. The van der Waals surface area contributed by atoms with E-state index in [0.29, 0.717) is 30.1 Å². The van der Waals surface area contributed by atoms with E-state index < -0.39 is 11.6 Å². The first-order valence-electron chi connectivity index (χ1n) is 27.4. The maximum atomic E-state index is 13.6. The topological polar surface area (TPSA) is 108 Å². The number of hydrogen-bond acceptors (Lipinski definition) is 7. The lowest BCUT2D eigenvalue weighted by molar-refractivity contribution is -0.166. The molecule has 7 rings (SSSR count). The summed E-state index contributed by atoms with van der Waals surface area (Å²) in [5.41, 5.74) is 1.59. The van der Waals surface area contributed by atoms with Crippen LogP contribution in [0.4, 0.5) is 5.69 Å². The van der Waals surface area contributed by atoms with Gasteiger partial charge in [0.15, 0.2) is 11.5 Å². The van der Waals surface area contributed by atoms with E-state index in [9.17, 15) is 19.8 Å². The molecule has 8 nitrogen and oxygen atoms in total. The summed E-state index contributed by atoms with van der Waals surface area (Å²) >= 11 is 0. The molecule has 67 heavy (non-hydrogen) atoms. The minimum atomic E-state index is -0.948. The van der Waals surface area contributed by atoms with Crippen LogP contribution in [0.3, 0.4) is 0 Å². The first-order valence-corrected chi connectivity index (χ1v) is 27.4. The van der Waals surface area contributed by atoms with Gasteiger partial charge in [-0.3, -0.25) is 9.69 Å². The summed E-state index contributed by atoms with van der Waals surface area (Å²) in [7, 11) is 1.77. The fraction of sp³-hybridized carbons (Fsp3) is 0.763. The van der Waals surface area contributed by atoms with E-state index in [1.54, 1.807) is 37.4 Å². The van der Waals surface area contributed by atoms with Gasteiger partial charge in [0, 0.05) is 60.7 Å². The molecule has 1 aliphatic heterocycles. The van der Waals surface area contributed by atoms with Gasteiger partial charge in [0.1, 0.15) is 0 Å². The number of anilines is 1. The fourth-order valence-electron chi connectivity index (χ4n) is 12.6. The Hall–Kier alpha value is -2.94. The maximum absolute atomic E-state index is 13.6. The quantitative estimate of drug-likeness (QED) is 0.0579. The van der Waals surface area contributed by atoms with Crippen molar-refractivity contribution in [2.24, 2.45) is 34.5 Å². The van der Waals surface area contributed by atoms with Gasteiger partial charge >= 0.3 is 5.97 Å². The third-order valence-corrected chi connectivity index (χ3v) is 16.4. The molecular weight excluding hydrogens is 833 g/mol. The number of fused-ring (bicyclic) bond motifs is 2. The molecule has 7 atom stereocenters. The second kappa shape index (κ2) is 24.8. The van der Waals surface area contributed by atoms with Crippen molar-refractivity contribution in [1.29, 1.82) is 0 Å². The molecule has 5 aliphatic rings. The van der Waals surface area contributed by atoms with Crippen molar-refractivity contribution in [3.8, 4) is 11.5 Å². The Morgan fingerprint density at radius 2 is 1.39 bits per heavy atom. The number of unbranched alkanes of at least 4 members (excludes halogenated alkanes) is 14. The molecule has 8 heteroatoms. The smallest absolute Gasteiger partial charge is 0.343 e. The van der Waals surface area contributed by atoms with Crippen molar-refractivity contribution in [3.05, 3.63) is 53.1 Å². The molecular formula is C59H96N2O6. The number of benzene rings is 2. The predicted octanol–water partition coefficient (Wildman–Crippen LogP) is 14.6. The number of phenolic OH excluding ortho intramolecular Hbond substituents is 1. The fourth-order valence-corrected chi connectivity index (χ4v) is 12.6. The van der Waals surface area contributed by atoms with E-state index in [4.69, 9.17) is 9.47 Å². The molecule has 2 spiro atoms. The van der Waals surface area contributed by atoms with Gasteiger partial charge in [-0.25, -0.2) is 4.79 Å².